The van der Waals surface area contributed by atoms with Crippen molar-refractivity contribution in [2.75, 3.05) is 6.54 Å². The fourth-order valence-electron chi connectivity index (χ4n) is 4.37. The molecule has 0 aliphatic heterocycles. The number of hydrogen-bond acceptors (Lipinski definition) is 5. The van der Waals surface area contributed by atoms with Gasteiger partial charge in [-0.3, -0.25) is 14.4 Å². The van der Waals surface area contributed by atoms with E-state index in [9.17, 15) is 14.4 Å². The molecule has 3 aliphatic rings. The molecule has 0 spiro atoms. The fourth-order valence-corrected chi connectivity index (χ4v) is 5.66. The SMILES string of the molecule is C[C@H](C(=O)OC(C)(C)C)C1CCc2sc(CNC(=O)C3CC3)c(C(=O)NCC3CC3)c2C1. The van der Waals surface area contributed by atoms with Gasteiger partial charge in [-0.25, -0.2) is 0 Å². The number of hydrogen-bond donors (Lipinski definition) is 2. The Morgan fingerprint density at radius 2 is 1.81 bits per heavy atom. The summed E-state index contributed by atoms with van der Waals surface area (Å²) in [5, 5.41) is 6.16. The molecule has 176 valence electrons. The quantitative estimate of drug-likeness (QED) is 0.575. The van der Waals surface area contributed by atoms with E-state index in [0.717, 1.165) is 48.2 Å². The molecule has 0 aromatic carbocycles. The molecule has 7 heteroatoms. The third-order valence-electron chi connectivity index (χ3n) is 6.70. The molecule has 2 amide bonds. The lowest BCUT2D eigenvalue weighted by Crippen LogP contribution is -2.34. The predicted molar refractivity (Wildman–Crippen MR) is 124 cm³/mol. The minimum atomic E-state index is -0.506. The number of nitrogens with one attached hydrogen (secondary N) is 2. The first-order chi connectivity index (χ1) is 15.1. The highest BCUT2D eigenvalue weighted by molar-refractivity contribution is 7.12. The summed E-state index contributed by atoms with van der Waals surface area (Å²) in [4.78, 5) is 40.3. The summed E-state index contributed by atoms with van der Waals surface area (Å²) in [5.74, 6) is 0.575. The van der Waals surface area contributed by atoms with Gasteiger partial charge in [-0.1, -0.05) is 6.92 Å². The van der Waals surface area contributed by atoms with E-state index >= 15 is 0 Å². The van der Waals surface area contributed by atoms with Crippen LogP contribution in [0, 0.1) is 23.7 Å². The van der Waals surface area contributed by atoms with Crippen molar-refractivity contribution in [1.82, 2.24) is 10.6 Å². The predicted octanol–water partition coefficient (Wildman–Crippen LogP) is 4.00. The first-order valence-electron chi connectivity index (χ1n) is 12.0. The third-order valence-corrected chi connectivity index (χ3v) is 8.00. The number of carbonyl (C=O) groups excluding carboxylic acids is 3. The minimum absolute atomic E-state index is 0.0318. The Morgan fingerprint density at radius 3 is 2.44 bits per heavy atom. The molecule has 2 saturated carbocycles. The molecule has 0 saturated heterocycles. The Morgan fingerprint density at radius 1 is 1.09 bits per heavy atom. The number of thiophene rings is 1. The van der Waals surface area contributed by atoms with Gasteiger partial charge >= 0.3 is 5.97 Å². The highest BCUT2D eigenvalue weighted by Gasteiger charge is 2.36. The van der Waals surface area contributed by atoms with Crippen LogP contribution in [0.5, 0.6) is 0 Å². The van der Waals surface area contributed by atoms with Crippen molar-refractivity contribution < 1.29 is 19.1 Å². The Hall–Kier alpha value is -1.89. The molecule has 1 unspecified atom stereocenters. The third kappa shape index (κ3) is 5.72. The van der Waals surface area contributed by atoms with Gasteiger partial charge in [0.1, 0.15) is 5.60 Å². The van der Waals surface area contributed by atoms with Gasteiger partial charge < -0.3 is 15.4 Å². The average Bonchev–Trinajstić information content (AvgIpc) is 3.64. The largest absolute Gasteiger partial charge is 0.460 e. The number of rotatable bonds is 8. The van der Waals surface area contributed by atoms with Crippen molar-refractivity contribution in [2.24, 2.45) is 23.7 Å². The number of esters is 1. The van der Waals surface area contributed by atoms with Crippen LogP contribution < -0.4 is 10.6 Å². The summed E-state index contributed by atoms with van der Waals surface area (Å²) in [7, 11) is 0. The van der Waals surface area contributed by atoms with Crippen LogP contribution in [0.4, 0.5) is 0 Å². The van der Waals surface area contributed by atoms with E-state index in [0.29, 0.717) is 18.9 Å². The monoisotopic (exact) mass is 460 g/mol. The van der Waals surface area contributed by atoms with Gasteiger partial charge in [0, 0.05) is 22.2 Å². The van der Waals surface area contributed by atoms with Crippen LogP contribution in [0.15, 0.2) is 0 Å². The molecule has 0 radical (unpaired) electrons. The van der Waals surface area contributed by atoms with Gasteiger partial charge in [-0.15, -0.1) is 11.3 Å². The Kier molecular flexibility index (Phi) is 6.66. The van der Waals surface area contributed by atoms with Crippen LogP contribution in [-0.2, 0) is 33.7 Å². The van der Waals surface area contributed by atoms with E-state index < -0.39 is 5.60 Å². The Labute approximate surface area is 194 Å². The van der Waals surface area contributed by atoms with Crippen LogP contribution in [0.3, 0.4) is 0 Å². The Balaban J connectivity index is 1.51. The highest BCUT2D eigenvalue weighted by atomic mass is 32.1. The van der Waals surface area contributed by atoms with E-state index in [4.69, 9.17) is 4.74 Å². The normalized spacial score (nSPS) is 21.4. The molecular weight excluding hydrogens is 424 g/mol. The summed E-state index contributed by atoms with van der Waals surface area (Å²) < 4.78 is 5.63. The van der Waals surface area contributed by atoms with E-state index in [1.54, 1.807) is 11.3 Å². The first-order valence-corrected chi connectivity index (χ1v) is 12.9. The van der Waals surface area contributed by atoms with E-state index in [1.807, 2.05) is 27.7 Å². The number of amides is 2. The van der Waals surface area contributed by atoms with Crippen LogP contribution in [-0.4, -0.2) is 29.9 Å². The molecule has 0 bridgehead atoms. The molecule has 2 fully saturated rings. The zero-order valence-electron chi connectivity index (χ0n) is 19.7. The lowest BCUT2D eigenvalue weighted by molar-refractivity contribution is -0.161. The lowest BCUT2D eigenvalue weighted by atomic mass is 9.79. The van der Waals surface area contributed by atoms with E-state index in [2.05, 4.69) is 10.6 Å². The molecule has 1 aromatic rings. The molecule has 32 heavy (non-hydrogen) atoms. The van der Waals surface area contributed by atoms with E-state index in [1.165, 1.54) is 17.7 Å². The van der Waals surface area contributed by atoms with Gasteiger partial charge in [0.25, 0.3) is 5.91 Å². The van der Waals surface area contributed by atoms with Crippen molar-refractivity contribution in [3.05, 3.63) is 20.9 Å². The molecule has 4 rings (SSSR count). The maximum atomic E-state index is 13.2. The number of carbonyl (C=O) groups is 3. The zero-order chi connectivity index (χ0) is 23.0. The molecule has 2 N–H and O–H groups in total. The molecule has 6 nitrogen and oxygen atoms in total. The molecule has 3 aliphatic carbocycles. The fraction of sp³-hybridized carbons (Fsp3) is 0.720. The topological polar surface area (TPSA) is 84.5 Å². The van der Waals surface area contributed by atoms with E-state index in [-0.39, 0.29) is 35.5 Å². The van der Waals surface area contributed by atoms with Crippen molar-refractivity contribution in [3.63, 3.8) is 0 Å². The maximum absolute atomic E-state index is 13.2. The summed E-state index contributed by atoms with van der Waals surface area (Å²) in [6, 6.07) is 0. The van der Waals surface area contributed by atoms with Gasteiger partial charge in [0.15, 0.2) is 0 Å². The summed E-state index contributed by atoms with van der Waals surface area (Å²) in [6.45, 7) is 8.74. The number of aryl methyl sites for hydroxylation is 1. The molecule has 1 heterocycles. The second-order valence-corrected chi connectivity index (χ2v) is 12.0. The smallest absolute Gasteiger partial charge is 0.309 e. The minimum Gasteiger partial charge on any atom is -0.460 e. The van der Waals surface area contributed by atoms with Crippen LogP contribution in [0.1, 0.15) is 85.5 Å². The van der Waals surface area contributed by atoms with Gasteiger partial charge in [0.2, 0.25) is 5.91 Å². The number of ether oxygens (including phenoxy) is 1. The Bertz CT molecular complexity index is 892. The number of fused-ring (bicyclic) bond motifs is 1. The van der Waals surface area contributed by atoms with Gasteiger partial charge in [0.05, 0.1) is 18.0 Å². The average molecular weight is 461 g/mol. The van der Waals surface area contributed by atoms with Gasteiger partial charge in [-0.05, 0) is 83.1 Å². The summed E-state index contributed by atoms with van der Waals surface area (Å²) in [6.07, 6.45) is 6.76. The second kappa shape index (κ2) is 9.16. The van der Waals surface area contributed by atoms with Crippen molar-refractivity contribution in [3.8, 4) is 0 Å². The van der Waals surface area contributed by atoms with Crippen molar-refractivity contribution in [1.29, 1.82) is 0 Å². The zero-order valence-corrected chi connectivity index (χ0v) is 20.5. The lowest BCUT2D eigenvalue weighted by Gasteiger charge is -2.29. The standard InChI is InChI=1S/C25H36N2O4S/c1-14(24(30)31-25(2,3)4)17-9-10-19-18(11-17)21(23(29)26-12-15-5-6-15)20(32-19)13-27-22(28)16-7-8-16/h14-17H,5-13H2,1-4H3,(H,26,29)(H,27,28)/t14-,17?/m0/s1. The van der Waals surface area contributed by atoms with Crippen molar-refractivity contribution in [2.45, 2.75) is 84.8 Å². The highest BCUT2D eigenvalue weighted by Crippen LogP contribution is 2.40. The maximum Gasteiger partial charge on any atom is 0.309 e. The summed E-state index contributed by atoms with van der Waals surface area (Å²) in [5.41, 5.74) is 1.31. The first kappa shape index (κ1) is 23.3. The molecule has 2 atom stereocenters. The molecular formula is C25H36N2O4S. The second-order valence-electron chi connectivity index (χ2n) is 10.8. The van der Waals surface area contributed by atoms with Gasteiger partial charge in [-0.2, -0.15) is 0 Å². The van der Waals surface area contributed by atoms with Crippen molar-refractivity contribution >= 4 is 29.1 Å². The summed E-state index contributed by atoms with van der Waals surface area (Å²) >= 11 is 1.65. The van der Waals surface area contributed by atoms with Crippen LogP contribution >= 0.6 is 11.3 Å². The van der Waals surface area contributed by atoms with Crippen LogP contribution in [0.25, 0.3) is 0 Å². The molecule has 1 aromatic heterocycles. The van der Waals surface area contributed by atoms with Crippen LogP contribution in [0.2, 0.25) is 0 Å².